The Hall–Kier alpha value is -2.65. The van der Waals surface area contributed by atoms with Crippen molar-refractivity contribution in [2.45, 2.75) is 33.4 Å². The Bertz CT molecular complexity index is 883. The van der Waals surface area contributed by atoms with Gasteiger partial charge in [0.05, 0.1) is 11.7 Å². The molecule has 0 fully saturated rings. The number of nitrogens with zero attached hydrogens (tertiary/aromatic N) is 3. The largest absolute Gasteiger partial charge is 0.348 e. The number of amides is 1. The first-order chi connectivity index (χ1) is 11.3. The Morgan fingerprint density at radius 3 is 2.71 bits per heavy atom. The molecule has 6 nitrogen and oxygen atoms in total. The van der Waals surface area contributed by atoms with Crippen molar-refractivity contribution in [3.63, 3.8) is 0 Å². The van der Waals surface area contributed by atoms with Gasteiger partial charge >= 0.3 is 0 Å². The van der Waals surface area contributed by atoms with Crippen molar-refractivity contribution in [2.24, 2.45) is 0 Å². The van der Waals surface area contributed by atoms with Crippen molar-refractivity contribution in [2.75, 3.05) is 0 Å². The normalized spacial score (nSPS) is 11.6. The molecule has 0 saturated heterocycles. The SMILES string of the molecule is Cc1nn(CC(=O)N[C@@H](C)c2ccccc2Cl)c(=O)c(C#N)c1C. The van der Waals surface area contributed by atoms with Crippen LogP contribution in [0, 0.1) is 25.2 Å². The maximum atomic E-state index is 12.2. The lowest BCUT2D eigenvalue weighted by Gasteiger charge is -2.16. The van der Waals surface area contributed by atoms with E-state index in [1.54, 1.807) is 26.8 Å². The molecule has 0 bridgehead atoms. The molecule has 0 saturated carbocycles. The van der Waals surface area contributed by atoms with Gasteiger partial charge in [-0.1, -0.05) is 29.8 Å². The number of carbonyl (C=O) groups is 1. The molecule has 0 aliphatic carbocycles. The van der Waals surface area contributed by atoms with E-state index in [-0.39, 0.29) is 24.1 Å². The van der Waals surface area contributed by atoms with Crippen LogP contribution in [0.1, 0.15) is 35.3 Å². The van der Waals surface area contributed by atoms with E-state index in [9.17, 15) is 9.59 Å². The molecule has 0 aliphatic heterocycles. The first-order valence-corrected chi connectivity index (χ1v) is 7.75. The number of benzene rings is 1. The Balaban J connectivity index is 2.20. The van der Waals surface area contributed by atoms with E-state index < -0.39 is 5.56 Å². The predicted molar refractivity (Wildman–Crippen MR) is 90.7 cm³/mol. The molecule has 0 radical (unpaired) electrons. The van der Waals surface area contributed by atoms with Crippen molar-refractivity contribution in [3.05, 3.63) is 62.0 Å². The van der Waals surface area contributed by atoms with Crippen molar-refractivity contribution in [3.8, 4) is 6.07 Å². The highest BCUT2D eigenvalue weighted by Crippen LogP contribution is 2.21. The van der Waals surface area contributed by atoms with Crippen LogP contribution in [0.15, 0.2) is 29.1 Å². The van der Waals surface area contributed by atoms with E-state index >= 15 is 0 Å². The number of rotatable bonds is 4. The van der Waals surface area contributed by atoms with Gasteiger partial charge in [0.25, 0.3) is 5.56 Å². The summed E-state index contributed by atoms with van der Waals surface area (Å²) >= 11 is 6.11. The van der Waals surface area contributed by atoms with Crippen LogP contribution >= 0.6 is 11.6 Å². The molecular weight excluding hydrogens is 328 g/mol. The highest BCUT2D eigenvalue weighted by atomic mass is 35.5. The third kappa shape index (κ3) is 3.63. The van der Waals surface area contributed by atoms with Crippen LogP contribution in [-0.4, -0.2) is 15.7 Å². The average molecular weight is 345 g/mol. The van der Waals surface area contributed by atoms with E-state index in [0.29, 0.717) is 16.3 Å². The number of hydrogen-bond acceptors (Lipinski definition) is 4. The molecule has 0 spiro atoms. The quantitative estimate of drug-likeness (QED) is 0.921. The molecule has 1 amide bonds. The summed E-state index contributed by atoms with van der Waals surface area (Å²) in [5.74, 6) is -0.385. The summed E-state index contributed by atoms with van der Waals surface area (Å²) in [5.41, 5.74) is 1.29. The van der Waals surface area contributed by atoms with Crippen LogP contribution in [-0.2, 0) is 11.3 Å². The maximum Gasteiger partial charge on any atom is 0.285 e. The molecule has 24 heavy (non-hydrogen) atoms. The number of halogens is 1. The van der Waals surface area contributed by atoms with Gasteiger partial charge in [-0.25, -0.2) is 4.68 Å². The Morgan fingerprint density at radius 2 is 2.08 bits per heavy atom. The summed E-state index contributed by atoms with van der Waals surface area (Å²) in [6.07, 6.45) is 0. The molecule has 0 aliphatic rings. The van der Waals surface area contributed by atoms with Crippen LogP contribution in [0.4, 0.5) is 0 Å². The van der Waals surface area contributed by atoms with E-state index in [1.165, 1.54) is 0 Å². The van der Waals surface area contributed by atoms with Crippen LogP contribution in [0.5, 0.6) is 0 Å². The average Bonchev–Trinajstić information content (AvgIpc) is 2.53. The fourth-order valence-corrected chi connectivity index (χ4v) is 2.64. The molecule has 1 atom stereocenters. The molecule has 2 aromatic rings. The molecule has 124 valence electrons. The van der Waals surface area contributed by atoms with E-state index in [0.717, 1.165) is 10.2 Å². The molecular formula is C17H17ClN4O2. The lowest BCUT2D eigenvalue weighted by molar-refractivity contribution is -0.122. The van der Waals surface area contributed by atoms with Gasteiger partial charge in [0.1, 0.15) is 18.2 Å². The maximum absolute atomic E-state index is 12.2. The van der Waals surface area contributed by atoms with Gasteiger partial charge in [0.2, 0.25) is 5.91 Å². The van der Waals surface area contributed by atoms with Gasteiger partial charge in [0.15, 0.2) is 0 Å². The monoisotopic (exact) mass is 344 g/mol. The Morgan fingerprint density at radius 1 is 1.42 bits per heavy atom. The first-order valence-electron chi connectivity index (χ1n) is 7.37. The van der Waals surface area contributed by atoms with Gasteiger partial charge in [-0.3, -0.25) is 9.59 Å². The van der Waals surface area contributed by atoms with E-state index in [1.807, 2.05) is 24.3 Å². The third-order valence-corrected chi connectivity index (χ3v) is 4.14. The summed E-state index contributed by atoms with van der Waals surface area (Å²) in [6.45, 7) is 4.89. The van der Waals surface area contributed by atoms with Gasteiger partial charge in [-0.2, -0.15) is 10.4 Å². The molecule has 1 aromatic heterocycles. The molecule has 1 N–H and O–H groups in total. The van der Waals surface area contributed by atoms with Crippen molar-refractivity contribution in [1.29, 1.82) is 5.26 Å². The minimum Gasteiger partial charge on any atom is -0.348 e. The minimum atomic E-state index is -0.568. The number of aromatic nitrogens is 2. The van der Waals surface area contributed by atoms with Crippen molar-refractivity contribution >= 4 is 17.5 Å². The zero-order valence-corrected chi connectivity index (χ0v) is 14.4. The smallest absolute Gasteiger partial charge is 0.285 e. The lowest BCUT2D eigenvalue weighted by Crippen LogP contribution is -2.36. The van der Waals surface area contributed by atoms with Crippen LogP contribution < -0.4 is 10.9 Å². The highest BCUT2D eigenvalue weighted by molar-refractivity contribution is 6.31. The number of aryl methyl sites for hydroxylation is 1. The minimum absolute atomic E-state index is 0.00875. The standard InChI is InChI=1S/C17H17ClN4O2/c1-10-11(2)21-22(17(24)14(10)8-19)9-16(23)20-12(3)13-6-4-5-7-15(13)18/h4-7,12H,9H2,1-3H3,(H,20,23)/t12-/m0/s1. The molecule has 0 unspecified atom stereocenters. The van der Waals surface area contributed by atoms with E-state index in [2.05, 4.69) is 10.4 Å². The summed E-state index contributed by atoms with van der Waals surface area (Å²) < 4.78 is 1.01. The van der Waals surface area contributed by atoms with Crippen LogP contribution in [0.25, 0.3) is 0 Å². The topological polar surface area (TPSA) is 87.8 Å². The molecule has 2 rings (SSSR count). The molecule has 1 aromatic carbocycles. The van der Waals surface area contributed by atoms with Crippen molar-refractivity contribution in [1.82, 2.24) is 15.1 Å². The fraction of sp³-hybridized carbons (Fsp3) is 0.294. The molecule has 1 heterocycles. The summed E-state index contributed by atoms with van der Waals surface area (Å²) in [6, 6.07) is 8.76. The summed E-state index contributed by atoms with van der Waals surface area (Å²) in [4.78, 5) is 24.4. The fourth-order valence-electron chi connectivity index (χ4n) is 2.34. The Labute approximate surface area is 144 Å². The second kappa shape index (κ2) is 7.28. The second-order valence-corrected chi connectivity index (χ2v) is 5.88. The molecule has 7 heteroatoms. The summed E-state index contributed by atoms with van der Waals surface area (Å²) in [7, 11) is 0. The second-order valence-electron chi connectivity index (χ2n) is 5.47. The van der Waals surface area contributed by atoms with Gasteiger partial charge in [0, 0.05) is 5.02 Å². The first kappa shape index (κ1) is 17.7. The number of hydrogen-bond donors (Lipinski definition) is 1. The number of carbonyl (C=O) groups excluding carboxylic acids is 1. The van der Waals surface area contributed by atoms with Crippen molar-refractivity contribution < 1.29 is 4.79 Å². The highest BCUT2D eigenvalue weighted by Gasteiger charge is 2.16. The zero-order chi connectivity index (χ0) is 17.9. The Kier molecular flexibility index (Phi) is 5.37. The van der Waals surface area contributed by atoms with E-state index in [4.69, 9.17) is 16.9 Å². The van der Waals surface area contributed by atoms with Gasteiger partial charge < -0.3 is 5.32 Å². The number of nitrogens with one attached hydrogen (secondary N) is 1. The zero-order valence-electron chi connectivity index (χ0n) is 13.6. The van der Waals surface area contributed by atoms with Gasteiger partial charge in [-0.05, 0) is 38.0 Å². The summed E-state index contributed by atoms with van der Waals surface area (Å²) in [5, 5.41) is 16.5. The van der Waals surface area contributed by atoms with Crippen LogP contribution in [0.3, 0.4) is 0 Å². The lowest BCUT2D eigenvalue weighted by atomic mass is 10.1. The third-order valence-electron chi connectivity index (χ3n) is 3.79. The number of nitriles is 1. The predicted octanol–water partition coefficient (Wildman–Crippen LogP) is 2.26. The van der Waals surface area contributed by atoms with Gasteiger partial charge in [-0.15, -0.1) is 0 Å². The van der Waals surface area contributed by atoms with Crippen LogP contribution in [0.2, 0.25) is 5.02 Å².